The minimum Gasteiger partial charge on any atom is -0.378 e. The smallest absolute Gasteiger partial charge is 0.272 e. The molecule has 3 amide bonds. The normalized spacial score (nSPS) is 11.8. The van der Waals surface area contributed by atoms with Gasteiger partial charge in [-0.15, -0.1) is 23.1 Å². The summed E-state index contributed by atoms with van der Waals surface area (Å²) in [5.41, 5.74) is 4.16. The number of hydrogen-bond donors (Lipinski definition) is 3. The topological polar surface area (TPSA) is 103 Å². The molecule has 0 spiro atoms. The van der Waals surface area contributed by atoms with Gasteiger partial charge in [-0.05, 0) is 84.8 Å². The molecule has 0 saturated heterocycles. The van der Waals surface area contributed by atoms with E-state index in [0.29, 0.717) is 28.5 Å². The molecule has 3 N–H and O–H groups in total. The lowest BCUT2D eigenvalue weighted by Gasteiger charge is -2.15. The molecule has 0 fully saturated rings. The Morgan fingerprint density at radius 3 is 2.33 bits per heavy atom. The van der Waals surface area contributed by atoms with Crippen LogP contribution in [0.4, 0.5) is 20.9 Å². The van der Waals surface area contributed by atoms with E-state index in [-0.39, 0.29) is 17.4 Å². The van der Waals surface area contributed by atoms with E-state index < -0.39 is 17.1 Å². The first-order chi connectivity index (χ1) is 23.2. The van der Waals surface area contributed by atoms with Gasteiger partial charge in [0.05, 0.1) is 10.9 Å². The minimum atomic E-state index is -0.497. The van der Waals surface area contributed by atoms with Crippen molar-refractivity contribution in [1.82, 2.24) is 10.3 Å². The number of thiazole rings is 1. The van der Waals surface area contributed by atoms with Gasteiger partial charge < -0.3 is 20.9 Å². The molecule has 11 heteroatoms. The Morgan fingerprint density at radius 2 is 1.65 bits per heavy atom. The van der Waals surface area contributed by atoms with Gasteiger partial charge in [-0.1, -0.05) is 43.3 Å². The van der Waals surface area contributed by atoms with Gasteiger partial charge in [0.25, 0.3) is 11.8 Å². The highest BCUT2D eigenvalue weighted by Gasteiger charge is 2.21. The van der Waals surface area contributed by atoms with Crippen LogP contribution in [0.15, 0.2) is 119 Å². The van der Waals surface area contributed by atoms with Crippen LogP contribution < -0.4 is 20.9 Å². The molecule has 0 aliphatic rings. The molecule has 1 unspecified atom stereocenters. The highest BCUT2D eigenvalue weighted by molar-refractivity contribution is 8.00. The molecule has 4 aromatic carbocycles. The van der Waals surface area contributed by atoms with Gasteiger partial charge in [-0.3, -0.25) is 14.4 Å². The van der Waals surface area contributed by atoms with E-state index in [1.165, 1.54) is 35.2 Å². The zero-order chi connectivity index (χ0) is 34.0. The maximum Gasteiger partial charge on any atom is 0.272 e. The fourth-order valence-corrected chi connectivity index (χ4v) is 6.32. The number of nitrogens with one attached hydrogen (secondary N) is 3. The number of carbonyl (C=O) groups is 3. The van der Waals surface area contributed by atoms with Gasteiger partial charge in [-0.25, -0.2) is 9.37 Å². The molecule has 0 bridgehead atoms. The lowest BCUT2D eigenvalue weighted by atomic mass is 10.1. The van der Waals surface area contributed by atoms with Crippen LogP contribution in [-0.4, -0.2) is 42.1 Å². The van der Waals surface area contributed by atoms with Crippen LogP contribution in [-0.2, 0) is 9.59 Å². The SMILES string of the molecule is CCC(Sc1cccc(NC(=O)/C(=C\c2ccc(N(C)C)cc2)NC(=O)c2ccccc2)c1)C(=O)Nc1nc(-c2ccc(F)cc2)cs1. The molecule has 5 aromatic rings. The predicted molar refractivity (Wildman–Crippen MR) is 194 cm³/mol. The van der Waals surface area contributed by atoms with E-state index in [1.807, 2.05) is 67.7 Å². The molecule has 48 heavy (non-hydrogen) atoms. The van der Waals surface area contributed by atoms with Crippen LogP contribution >= 0.6 is 23.1 Å². The Labute approximate surface area is 287 Å². The Kier molecular flexibility index (Phi) is 11.4. The summed E-state index contributed by atoms with van der Waals surface area (Å²) in [6, 6.07) is 29.5. The van der Waals surface area contributed by atoms with Gasteiger partial charge in [-0.2, -0.15) is 0 Å². The van der Waals surface area contributed by atoms with Crippen molar-refractivity contribution in [2.24, 2.45) is 0 Å². The molecular weight excluding hydrogens is 646 g/mol. The molecule has 0 aliphatic heterocycles. The molecule has 1 aromatic heterocycles. The molecule has 1 atom stereocenters. The van der Waals surface area contributed by atoms with Crippen LogP contribution in [0.5, 0.6) is 0 Å². The summed E-state index contributed by atoms with van der Waals surface area (Å²) in [5, 5.41) is 10.4. The molecule has 244 valence electrons. The van der Waals surface area contributed by atoms with Crippen LogP contribution in [0.3, 0.4) is 0 Å². The lowest BCUT2D eigenvalue weighted by molar-refractivity contribution is -0.116. The number of carbonyl (C=O) groups excluding carboxylic acids is 3. The summed E-state index contributed by atoms with van der Waals surface area (Å²) in [4.78, 5) is 47.1. The van der Waals surface area contributed by atoms with E-state index >= 15 is 0 Å². The Balaban J connectivity index is 1.28. The van der Waals surface area contributed by atoms with Gasteiger partial charge in [0, 0.05) is 46.9 Å². The maximum atomic E-state index is 13.6. The van der Waals surface area contributed by atoms with Crippen molar-refractivity contribution in [3.8, 4) is 11.3 Å². The molecule has 0 aliphatic carbocycles. The third-order valence-corrected chi connectivity index (χ3v) is 9.27. The number of halogens is 1. The number of rotatable bonds is 12. The monoisotopic (exact) mass is 679 g/mol. The highest BCUT2D eigenvalue weighted by atomic mass is 32.2. The minimum absolute atomic E-state index is 0.0776. The second kappa shape index (κ2) is 16.0. The van der Waals surface area contributed by atoms with Crippen molar-refractivity contribution in [1.29, 1.82) is 0 Å². The molecule has 8 nitrogen and oxygen atoms in total. The van der Waals surface area contributed by atoms with Gasteiger partial charge in [0.1, 0.15) is 11.5 Å². The third-order valence-electron chi connectivity index (χ3n) is 7.16. The average molecular weight is 680 g/mol. The molecule has 0 radical (unpaired) electrons. The van der Waals surface area contributed by atoms with Crippen molar-refractivity contribution in [3.05, 3.63) is 131 Å². The van der Waals surface area contributed by atoms with E-state index in [0.717, 1.165) is 21.7 Å². The molecule has 1 heterocycles. The van der Waals surface area contributed by atoms with Crippen LogP contribution in [0.1, 0.15) is 29.3 Å². The number of amides is 3. The van der Waals surface area contributed by atoms with Crippen molar-refractivity contribution >= 4 is 63.4 Å². The van der Waals surface area contributed by atoms with Crippen LogP contribution in [0, 0.1) is 5.82 Å². The highest BCUT2D eigenvalue weighted by Crippen LogP contribution is 2.30. The number of anilines is 3. The summed E-state index contributed by atoms with van der Waals surface area (Å²) in [6.07, 6.45) is 2.18. The summed E-state index contributed by atoms with van der Waals surface area (Å²) >= 11 is 2.67. The maximum absolute atomic E-state index is 13.6. The number of hydrogen-bond acceptors (Lipinski definition) is 7. The first kappa shape index (κ1) is 34.1. The van der Waals surface area contributed by atoms with E-state index in [2.05, 4.69) is 20.9 Å². The number of aromatic nitrogens is 1. The van der Waals surface area contributed by atoms with E-state index in [4.69, 9.17) is 0 Å². The average Bonchev–Trinajstić information content (AvgIpc) is 3.56. The third kappa shape index (κ3) is 9.18. The number of thioether (sulfide) groups is 1. The number of benzene rings is 4. The summed E-state index contributed by atoms with van der Waals surface area (Å²) in [6.45, 7) is 1.92. The Morgan fingerprint density at radius 1 is 0.917 bits per heavy atom. The van der Waals surface area contributed by atoms with E-state index in [9.17, 15) is 18.8 Å². The second-order valence-corrected chi connectivity index (χ2v) is 13.0. The van der Waals surface area contributed by atoms with Crippen molar-refractivity contribution < 1.29 is 18.8 Å². The zero-order valence-electron chi connectivity index (χ0n) is 26.6. The summed E-state index contributed by atoms with van der Waals surface area (Å²) in [7, 11) is 3.89. The fraction of sp³-hybridized carbons (Fsp3) is 0.135. The lowest BCUT2D eigenvalue weighted by Crippen LogP contribution is -2.30. The molecule has 0 saturated carbocycles. The van der Waals surface area contributed by atoms with Crippen LogP contribution in [0.25, 0.3) is 17.3 Å². The molecule has 5 rings (SSSR count). The van der Waals surface area contributed by atoms with Crippen molar-refractivity contribution in [2.45, 2.75) is 23.5 Å². The van der Waals surface area contributed by atoms with Gasteiger partial charge >= 0.3 is 0 Å². The quantitative estimate of drug-likeness (QED) is 0.0914. The Bertz CT molecular complexity index is 1910. The van der Waals surface area contributed by atoms with Gasteiger partial charge in [0.2, 0.25) is 5.91 Å². The predicted octanol–water partition coefficient (Wildman–Crippen LogP) is 7.93. The van der Waals surface area contributed by atoms with Crippen molar-refractivity contribution in [2.75, 3.05) is 29.6 Å². The standard InChI is InChI=1S/C37H34FN5O3S2/c1-4-33(36(46)42-37-41-32(23-47-37)25-15-17-27(38)18-16-25)48-30-12-8-11-28(22-30)39-35(45)31(40-34(44)26-9-6-5-7-10-26)21-24-13-19-29(20-14-24)43(2)3/h5-23,33H,4H2,1-3H3,(H,39,45)(H,40,44)(H,41,42,46)/b31-21+. The largest absolute Gasteiger partial charge is 0.378 e. The van der Waals surface area contributed by atoms with Crippen LogP contribution in [0.2, 0.25) is 0 Å². The fourth-order valence-electron chi connectivity index (χ4n) is 4.58. The summed E-state index contributed by atoms with van der Waals surface area (Å²) < 4.78 is 13.3. The number of nitrogens with zero attached hydrogens (tertiary/aromatic N) is 2. The summed E-state index contributed by atoms with van der Waals surface area (Å²) in [5.74, 6) is -1.44. The zero-order valence-corrected chi connectivity index (χ0v) is 28.2. The first-order valence-electron chi connectivity index (χ1n) is 15.1. The molecular formula is C37H34FN5O3S2. The second-order valence-electron chi connectivity index (χ2n) is 10.9. The van der Waals surface area contributed by atoms with E-state index in [1.54, 1.807) is 60.7 Å². The van der Waals surface area contributed by atoms with Gasteiger partial charge in [0.15, 0.2) is 5.13 Å². The van der Waals surface area contributed by atoms with Crippen molar-refractivity contribution in [3.63, 3.8) is 0 Å². The Hall–Kier alpha value is -5.26. The first-order valence-corrected chi connectivity index (χ1v) is 16.9.